The first-order chi connectivity index (χ1) is 14.6. The first-order valence-electron chi connectivity index (χ1n) is 10.9. The van der Waals surface area contributed by atoms with Gasteiger partial charge in [-0.2, -0.15) is 0 Å². The third-order valence-electron chi connectivity index (χ3n) is 6.02. The lowest BCUT2D eigenvalue weighted by molar-refractivity contribution is -0.119. The van der Waals surface area contributed by atoms with E-state index in [2.05, 4.69) is 17.0 Å². The first-order valence-corrected chi connectivity index (χ1v) is 10.9. The largest absolute Gasteiger partial charge is 0.496 e. The van der Waals surface area contributed by atoms with E-state index in [4.69, 9.17) is 9.47 Å². The Bertz CT molecular complexity index is 830. The van der Waals surface area contributed by atoms with E-state index in [0.29, 0.717) is 6.42 Å². The molecule has 1 aliphatic heterocycles. The number of hydrogen-bond donors (Lipinski definition) is 0. The molecule has 0 radical (unpaired) electrons. The van der Waals surface area contributed by atoms with E-state index in [0.717, 1.165) is 61.6 Å². The number of piperidine rings is 1. The van der Waals surface area contributed by atoms with Crippen LogP contribution in [0, 0.1) is 6.92 Å². The minimum absolute atomic E-state index is 0.205. The summed E-state index contributed by atoms with van der Waals surface area (Å²) in [5, 5.41) is 0. The molecule has 0 unspecified atom stereocenters. The normalized spacial score (nSPS) is 15.1. The second kappa shape index (κ2) is 10.5. The summed E-state index contributed by atoms with van der Waals surface area (Å²) in [6, 6.07) is 14.5. The minimum Gasteiger partial charge on any atom is -0.496 e. The van der Waals surface area contributed by atoms with Gasteiger partial charge in [0, 0.05) is 37.8 Å². The number of methoxy groups -OCH3 is 2. The maximum Gasteiger partial charge on any atom is 0.226 e. The van der Waals surface area contributed by atoms with Crippen molar-refractivity contribution < 1.29 is 14.3 Å². The summed E-state index contributed by atoms with van der Waals surface area (Å²) in [5.74, 6) is 2.03. The molecule has 0 aromatic heterocycles. The number of carbonyl (C=O) groups is 1. The number of aryl methyl sites for hydroxylation is 1. The van der Waals surface area contributed by atoms with Gasteiger partial charge < -0.3 is 19.3 Å². The Morgan fingerprint density at radius 2 is 1.73 bits per heavy atom. The average Bonchev–Trinajstić information content (AvgIpc) is 2.79. The molecule has 0 atom stereocenters. The number of amides is 1. The van der Waals surface area contributed by atoms with Crippen LogP contribution in [0.1, 0.15) is 37.3 Å². The number of likely N-dealkylation sites (tertiary alicyclic amines) is 1. The molecule has 1 saturated heterocycles. The zero-order valence-electron chi connectivity index (χ0n) is 18.7. The molecule has 0 N–H and O–H groups in total. The number of anilines is 1. The maximum absolute atomic E-state index is 12.6. The number of carbonyl (C=O) groups excluding carboxylic acids is 1. The van der Waals surface area contributed by atoms with E-state index in [-0.39, 0.29) is 11.9 Å². The van der Waals surface area contributed by atoms with Crippen LogP contribution < -0.4 is 14.4 Å². The molecule has 30 heavy (non-hydrogen) atoms. The van der Waals surface area contributed by atoms with Gasteiger partial charge in [0.05, 0.1) is 14.2 Å². The Labute approximate surface area is 180 Å². The Morgan fingerprint density at radius 1 is 1.07 bits per heavy atom. The van der Waals surface area contributed by atoms with Crippen molar-refractivity contribution in [1.29, 1.82) is 0 Å². The summed E-state index contributed by atoms with van der Waals surface area (Å²) < 4.78 is 11.1. The second-order valence-corrected chi connectivity index (χ2v) is 7.91. The van der Waals surface area contributed by atoms with Crippen LogP contribution in [0.15, 0.2) is 42.5 Å². The van der Waals surface area contributed by atoms with E-state index in [1.807, 2.05) is 49.1 Å². The molecule has 5 nitrogen and oxygen atoms in total. The molecule has 1 heterocycles. The number of para-hydroxylation sites is 1. The molecule has 0 bridgehead atoms. The molecule has 3 rings (SSSR count). The number of nitrogens with zero attached hydrogens (tertiary/aromatic N) is 2. The Morgan fingerprint density at radius 3 is 2.33 bits per heavy atom. The van der Waals surface area contributed by atoms with Crippen LogP contribution in [0.2, 0.25) is 0 Å². The average molecular weight is 411 g/mol. The van der Waals surface area contributed by atoms with Gasteiger partial charge in [-0.15, -0.1) is 0 Å². The van der Waals surface area contributed by atoms with Crippen molar-refractivity contribution in [3.63, 3.8) is 0 Å². The lowest BCUT2D eigenvalue weighted by atomic mass is 10.0. The maximum atomic E-state index is 12.6. The Hall–Kier alpha value is -2.53. The van der Waals surface area contributed by atoms with Crippen molar-refractivity contribution in [3.05, 3.63) is 53.6 Å². The third kappa shape index (κ3) is 5.14. The highest BCUT2D eigenvalue weighted by atomic mass is 16.5. The van der Waals surface area contributed by atoms with Gasteiger partial charge in [-0.3, -0.25) is 4.79 Å². The summed E-state index contributed by atoms with van der Waals surface area (Å²) in [6.45, 7) is 6.94. The van der Waals surface area contributed by atoms with Crippen LogP contribution >= 0.6 is 0 Å². The van der Waals surface area contributed by atoms with E-state index in [1.165, 1.54) is 5.56 Å². The monoisotopic (exact) mass is 410 g/mol. The summed E-state index contributed by atoms with van der Waals surface area (Å²) in [4.78, 5) is 17.2. The lowest BCUT2D eigenvalue weighted by Gasteiger charge is -2.38. The Balaban J connectivity index is 1.61. The van der Waals surface area contributed by atoms with E-state index in [9.17, 15) is 4.79 Å². The molecule has 1 aliphatic rings. The molecule has 1 fully saturated rings. The van der Waals surface area contributed by atoms with Crippen LogP contribution in [0.25, 0.3) is 0 Å². The van der Waals surface area contributed by atoms with Crippen molar-refractivity contribution in [2.45, 2.75) is 45.6 Å². The van der Waals surface area contributed by atoms with E-state index < -0.39 is 0 Å². The van der Waals surface area contributed by atoms with Gasteiger partial charge in [0.25, 0.3) is 0 Å². The van der Waals surface area contributed by atoms with Crippen LogP contribution in [0.5, 0.6) is 11.5 Å². The quantitative estimate of drug-likeness (QED) is 0.644. The highest BCUT2D eigenvalue weighted by Gasteiger charge is 2.28. The number of rotatable bonds is 8. The first kappa shape index (κ1) is 22.2. The number of hydrogen-bond acceptors (Lipinski definition) is 4. The highest BCUT2D eigenvalue weighted by molar-refractivity contribution is 5.93. The zero-order chi connectivity index (χ0) is 21.5. The van der Waals surface area contributed by atoms with Gasteiger partial charge in [0.15, 0.2) is 0 Å². The fourth-order valence-corrected chi connectivity index (χ4v) is 4.31. The molecule has 0 aliphatic carbocycles. The molecule has 0 spiro atoms. The van der Waals surface area contributed by atoms with Crippen LogP contribution in [-0.2, 0) is 11.2 Å². The van der Waals surface area contributed by atoms with Crippen molar-refractivity contribution in [2.75, 3.05) is 38.8 Å². The van der Waals surface area contributed by atoms with Gasteiger partial charge in [-0.1, -0.05) is 25.1 Å². The highest BCUT2D eigenvalue weighted by Crippen LogP contribution is 2.29. The van der Waals surface area contributed by atoms with Crippen molar-refractivity contribution >= 4 is 11.6 Å². The summed E-state index contributed by atoms with van der Waals surface area (Å²) in [6.07, 6.45) is 3.44. The fourth-order valence-electron chi connectivity index (χ4n) is 4.31. The topological polar surface area (TPSA) is 42.0 Å². The molecule has 1 amide bonds. The van der Waals surface area contributed by atoms with E-state index in [1.54, 1.807) is 14.2 Å². The molecular formula is C25H34N2O3. The third-order valence-corrected chi connectivity index (χ3v) is 6.02. The number of benzene rings is 2. The van der Waals surface area contributed by atoms with E-state index >= 15 is 0 Å². The second-order valence-electron chi connectivity index (χ2n) is 7.91. The molecular weight excluding hydrogens is 376 g/mol. The Kier molecular flexibility index (Phi) is 7.75. The number of ether oxygens (including phenoxy) is 2. The molecule has 2 aromatic carbocycles. The summed E-state index contributed by atoms with van der Waals surface area (Å²) in [7, 11) is 3.43. The predicted molar refractivity (Wildman–Crippen MR) is 122 cm³/mol. The summed E-state index contributed by atoms with van der Waals surface area (Å²) in [5.41, 5.74) is 3.27. The van der Waals surface area contributed by atoms with Gasteiger partial charge in [0.1, 0.15) is 11.5 Å². The van der Waals surface area contributed by atoms with Crippen LogP contribution in [0.4, 0.5) is 5.69 Å². The molecule has 162 valence electrons. The molecule has 2 aromatic rings. The standard InChI is InChI=1S/C25H34N2O3/c1-5-25(28)27(21-9-7-6-8-10-21)22-12-15-26(16-13-22)14-11-20-18-23(29-3)19(2)17-24(20)30-4/h6-10,17-18,22H,5,11-16H2,1-4H3. The fraction of sp³-hybridized carbons (Fsp3) is 0.480. The minimum atomic E-state index is 0.205. The van der Waals surface area contributed by atoms with Crippen molar-refractivity contribution in [3.8, 4) is 11.5 Å². The zero-order valence-corrected chi connectivity index (χ0v) is 18.7. The molecule has 5 heteroatoms. The SMILES string of the molecule is CCC(=O)N(c1ccccc1)C1CCN(CCc2cc(OC)c(C)cc2OC)CC1. The van der Waals surface area contributed by atoms with Crippen molar-refractivity contribution in [2.24, 2.45) is 0 Å². The molecule has 0 saturated carbocycles. The van der Waals surface area contributed by atoms with Crippen LogP contribution in [-0.4, -0.2) is 50.7 Å². The van der Waals surface area contributed by atoms with Gasteiger partial charge in [-0.25, -0.2) is 0 Å². The smallest absolute Gasteiger partial charge is 0.226 e. The van der Waals surface area contributed by atoms with Gasteiger partial charge in [-0.05, 0) is 61.6 Å². The lowest BCUT2D eigenvalue weighted by Crippen LogP contribution is -2.47. The predicted octanol–water partition coefficient (Wildman–Crippen LogP) is 4.46. The van der Waals surface area contributed by atoms with Crippen LogP contribution in [0.3, 0.4) is 0 Å². The van der Waals surface area contributed by atoms with Crippen molar-refractivity contribution in [1.82, 2.24) is 4.90 Å². The van der Waals surface area contributed by atoms with Gasteiger partial charge in [0.2, 0.25) is 5.91 Å². The van der Waals surface area contributed by atoms with Gasteiger partial charge >= 0.3 is 0 Å². The summed E-state index contributed by atoms with van der Waals surface area (Å²) >= 11 is 0.